The molecule has 180 valence electrons. The predicted molar refractivity (Wildman–Crippen MR) is 125 cm³/mol. The van der Waals surface area contributed by atoms with Crippen LogP contribution in [0.3, 0.4) is 0 Å². The van der Waals surface area contributed by atoms with Crippen LogP contribution in [0.1, 0.15) is 56.1 Å². The predicted octanol–water partition coefficient (Wildman–Crippen LogP) is 3.99. The van der Waals surface area contributed by atoms with Crippen molar-refractivity contribution in [1.82, 2.24) is 10.8 Å². The number of carbonyl (C=O) groups is 3. The second-order valence-corrected chi connectivity index (χ2v) is 8.85. The van der Waals surface area contributed by atoms with E-state index < -0.39 is 24.1 Å². The average molecular weight is 467 g/mol. The fourth-order valence-electron chi connectivity index (χ4n) is 4.42. The van der Waals surface area contributed by atoms with E-state index in [4.69, 9.17) is 14.7 Å². The molecule has 1 saturated carbocycles. The van der Waals surface area contributed by atoms with Crippen LogP contribution in [0.4, 0.5) is 4.79 Å². The first-order chi connectivity index (χ1) is 16.5. The number of hydrogen-bond acceptors (Lipinski definition) is 5. The van der Waals surface area contributed by atoms with Crippen LogP contribution >= 0.6 is 0 Å². The van der Waals surface area contributed by atoms with E-state index >= 15 is 0 Å². The molecule has 8 nitrogen and oxygen atoms in total. The van der Waals surface area contributed by atoms with Gasteiger partial charge >= 0.3 is 12.1 Å². The van der Waals surface area contributed by atoms with Crippen molar-refractivity contribution in [3.8, 4) is 11.1 Å². The molecule has 1 fully saturated rings. The molecule has 2 atom stereocenters. The zero-order chi connectivity index (χ0) is 24.1. The summed E-state index contributed by atoms with van der Waals surface area (Å²) in [6.07, 6.45) is 1.15. The highest BCUT2D eigenvalue weighted by molar-refractivity contribution is 5.79. The SMILES string of the molecule is CCC(CCC(=O)NOC(C(=O)O)C1CC1)NC(=O)OCC1c2ccccc2-c2ccccc21. The third kappa shape index (κ3) is 5.56. The maximum atomic E-state index is 12.5. The summed E-state index contributed by atoms with van der Waals surface area (Å²) in [6.45, 7) is 2.14. The van der Waals surface area contributed by atoms with Crippen LogP contribution in [0, 0.1) is 5.92 Å². The van der Waals surface area contributed by atoms with Gasteiger partial charge in [0, 0.05) is 18.4 Å². The van der Waals surface area contributed by atoms with E-state index in [2.05, 4.69) is 35.1 Å². The van der Waals surface area contributed by atoms with Gasteiger partial charge in [0.2, 0.25) is 5.91 Å². The lowest BCUT2D eigenvalue weighted by Crippen LogP contribution is -2.38. The number of hydrogen-bond donors (Lipinski definition) is 3. The van der Waals surface area contributed by atoms with E-state index in [1.807, 2.05) is 31.2 Å². The van der Waals surface area contributed by atoms with Crippen molar-refractivity contribution < 1.29 is 29.1 Å². The van der Waals surface area contributed by atoms with Gasteiger partial charge < -0.3 is 15.2 Å². The normalized spacial score (nSPS) is 16.1. The molecule has 0 radical (unpaired) electrons. The second kappa shape index (κ2) is 10.7. The third-order valence-electron chi connectivity index (χ3n) is 6.47. The minimum atomic E-state index is -1.08. The Kier molecular flexibility index (Phi) is 7.47. The van der Waals surface area contributed by atoms with Gasteiger partial charge in [-0.15, -0.1) is 0 Å². The zero-order valence-corrected chi connectivity index (χ0v) is 19.2. The maximum Gasteiger partial charge on any atom is 0.407 e. The molecule has 0 aliphatic heterocycles. The van der Waals surface area contributed by atoms with E-state index in [0.717, 1.165) is 24.0 Å². The molecular formula is C26H30N2O6. The second-order valence-electron chi connectivity index (χ2n) is 8.85. The molecule has 0 bridgehead atoms. The Morgan fingerprint density at radius 1 is 1.03 bits per heavy atom. The van der Waals surface area contributed by atoms with Gasteiger partial charge in [0.1, 0.15) is 6.61 Å². The standard InChI is InChI=1S/C26H30N2O6/c1-2-17(13-14-23(29)28-34-24(25(30)31)16-11-12-16)27-26(32)33-15-22-20-9-5-3-7-18(20)19-8-4-6-10-21(19)22/h3-10,16-17,22,24H,2,11-15H2,1H3,(H,27,32)(H,28,29)(H,30,31). The summed E-state index contributed by atoms with van der Waals surface area (Å²) in [6, 6.07) is 16.0. The maximum absolute atomic E-state index is 12.5. The lowest BCUT2D eigenvalue weighted by Gasteiger charge is -2.19. The summed E-state index contributed by atoms with van der Waals surface area (Å²) in [4.78, 5) is 40.8. The minimum absolute atomic E-state index is 0.0187. The monoisotopic (exact) mass is 466 g/mol. The molecule has 2 aliphatic rings. The van der Waals surface area contributed by atoms with Crippen LogP contribution in [-0.2, 0) is 19.2 Å². The Balaban J connectivity index is 1.24. The lowest BCUT2D eigenvalue weighted by molar-refractivity contribution is -0.162. The number of carboxylic acids is 1. The molecule has 2 unspecified atom stereocenters. The molecule has 3 N–H and O–H groups in total. The Morgan fingerprint density at radius 3 is 2.21 bits per heavy atom. The molecule has 4 rings (SSSR count). The number of fused-ring (bicyclic) bond motifs is 3. The lowest BCUT2D eigenvalue weighted by atomic mass is 9.98. The van der Waals surface area contributed by atoms with Gasteiger partial charge in [-0.1, -0.05) is 55.5 Å². The summed E-state index contributed by atoms with van der Waals surface area (Å²) < 4.78 is 5.58. The van der Waals surface area contributed by atoms with Crippen molar-refractivity contribution in [2.24, 2.45) is 5.92 Å². The van der Waals surface area contributed by atoms with Gasteiger partial charge in [-0.2, -0.15) is 0 Å². The molecule has 2 aliphatic carbocycles. The Labute approximate surface area is 198 Å². The summed E-state index contributed by atoms with van der Waals surface area (Å²) in [5.74, 6) is -1.56. The van der Waals surface area contributed by atoms with Crippen molar-refractivity contribution in [3.63, 3.8) is 0 Å². The highest BCUT2D eigenvalue weighted by atomic mass is 16.7. The van der Waals surface area contributed by atoms with Crippen LogP contribution in [0.2, 0.25) is 0 Å². The Morgan fingerprint density at radius 2 is 1.65 bits per heavy atom. The first-order valence-corrected chi connectivity index (χ1v) is 11.8. The third-order valence-corrected chi connectivity index (χ3v) is 6.47. The Bertz CT molecular complexity index is 1010. The van der Waals surface area contributed by atoms with E-state index in [1.165, 1.54) is 11.1 Å². The number of carboxylic acid groups (broad SMARTS) is 1. The quantitative estimate of drug-likeness (QED) is 0.432. The highest BCUT2D eigenvalue weighted by Gasteiger charge is 2.38. The van der Waals surface area contributed by atoms with Crippen molar-refractivity contribution in [3.05, 3.63) is 59.7 Å². The molecule has 2 amide bonds. The van der Waals surface area contributed by atoms with E-state index in [1.54, 1.807) is 0 Å². The average Bonchev–Trinajstić information content (AvgIpc) is 3.62. The van der Waals surface area contributed by atoms with E-state index in [9.17, 15) is 14.4 Å². The number of benzene rings is 2. The Hall–Kier alpha value is -3.39. The summed E-state index contributed by atoms with van der Waals surface area (Å²) in [5.41, 5.74) is 6.86. The molecule has 0 heterocycles. The zero-order valence-electron chi connectivity index (χ0n) is 19.2. The minimum Gasteiger partial charge on any atom is -0.479 e. The molecular weight excluding hydrogens is 436 g/mol. The number of carbonyl (C=O) groups excluding carboxylic acids is 2. The van der Waals surface area contributed by atoms with Crippen LogP contribution in [0.5, 0.6) is 0 Å². The first kappa shape index (κ1) is 23.8. The van der Waals surface area contributed by atoms with Crippen molar-refractivity contribution in [2.75, 3.05) is 6.61 Å². The van der Waals surface area contributed by atoms with Crippen molar-refractivity contribution in [1.29, 1.82) is 0 Å². The van der Waals surface area contributed by atoms with Gasteiger partial charge in [0.05, 0.1) is 0 Å². The molecule has 8 heteroatoms. The van der Waals surface area contributed by atoms with Gasteiger partial charge in [-0.3, -0.25) is 9.63 Å². The molecule has 0 aromatic heterocycles. The summed E-state index contributed by atoms with van der Waals surface area (Å²) >= 11 is 0. The number of ether oxygens (including phenoxy) is 1. The molecule has 34 heavy (non-hydrogen) atoms. The number of hydroxylamine groups is 1. The first-order valence-electron chi connectivity index (χ1n) is 11.8. The smallest absolute Gasteiger partial charge is 0.407 e. The highest BCUT2D eigenvalue weighted by Crippen LogP contribution is 2.44. The molecule has 0 saturated heterocycles. The van der Waals surface area contributed by atoms with Gasteiger partial charge in [-0.25, -0.2) is 15.1 Å². The van der Waals surface area contributed by atoms with Crippen LogP contribution in [-0.4, -0.2) is 41.8 Å². The topological polar surface area (TPSA) is 114 Å². The number of rotatable bonds is 11. The molecule has 0 spiro atoms. The largest absolute Gasteiger partial charge is 0.479 e. The van der Waals surface area contributed by atoms with Gasteiger partial charge in [-0.05, 0) is 53.9 Å². The fourth-order valence-corrected chi connectivity index (χ4v) is 4.42. The van der Waals surface area contributed by atoms with Crippen molar-refractivity contribution in [2.45, 2.75) is 57.1 Å². The van der Waals surface area contributed by atoms with Crippen LogP contribution < -0.4 is 10.8 Å². The number of alkyl carbamates (subject to hydrolysis) is 1. The van der Waals surface area contributed by atoms with E-state index in [-0.39, 0.29) is 30.9 Å². The fraction of sp³-hybridized carbons (Fsp3) is 0.423. The van der Waals surface area contributed by atoms with Crippen LogP contribution in [0.15, 0.2) is 48.5 Å². The number of amides is 2. The molecule has 2 aromatic carbocycles. The summed E-state index contributed by atoms with van der Waals surface area (Å²) in [5, 5.41) is 12.0. The number of aliphatic carboxylic acids is 1. The number of nitrogens with one attached hydrogen (secondary N) is 2. The summed E-state index contributed by atoms with van der Waals surface area (Å²) in [7, 11) is 0. The van der Waals surface area contributed by atoms with Crippen LogP contribution in [0.25, 0.3) is 11.1 Å². The van der Waals surface area contributed by atoms with Gasteiger partial charge in [0.25, 0.3) is 0 Å². The molecule has 2 aromatic rings. The van der Waals surface area contributed by atoms with E-state index in [0.29, 0.717) is 12.8 Å². The van der Waals surface area contributed by atoms with Crippen molar-refractivity contribution >= 4 is 18.0 Å². The van der Waals surface area contributed by atoms with Gasteiger partial charge in [0.15, 0.2) is 6.10 Å².